The third-order valence-corrected chi connectivity index (χ3v) is 1.96. The van der Waals surface area contributed by atoms with Crippen molar-refractivity contribution >= 4 is 0 Å². The normalized spacial score (nSPS) is 11.2. The van der Waals surface area contributed by atoms with Crippen molar-refractivity contribution in [3.63, 3.8) is 0 Å². The van der Waals surface area contributed by atoms with Gasteiger partial charge in [0.1, 0.15) is 5.69 Å². The van der Waals surface area contributed by atoms with Gasteiger partial charge >= 0.3 is 0 Å². The third kappa shape index (κ3) is 3.88. The van der Waals surface area contributed by atoms with Crippen LogP contribution in [0.4, 0.5) is 0 Å². The molecule has 1 rings (SSSR count). The molecule has 6 nitrogen and oxygen atoms in total. The molecule has 92 valence electrons. The van der Waals surface area contributed by atoms with Crippen LogP contribution >= 0.6 is 0 Å². The van der Waals surface area contributed by atoms with E-state index in [1.807, 2.05) is 20.0 Å². The van der Waals surface area contributed by atoms with Crippen LogP contribution in [0.1, 0.15) is 25.8 Å². The summed E-state index contributed by atoms with van der Waals surface area (Å²) in [5.74, 6) is 0. The van der Waals surface area contributed by atoms with E-state index in [0.717, 1.165) is 0 Å². The summed E-state index contributed by atoms with van der Waals surface area (Å²) in [6.45, 7) is 6.28. The fraction of sp³-hybridized carbons (Fsp3) is 0.800. The van der Waals surface area contributed by atoms with Crippen LogP contribution < -0.4 is 0 Å². The number of rotatable bonds is 8. The van der Waals surface area contributed by atoms with E-state index >= 15 is 0 Å². The van der Waals surface area contributed by atoms with Crippen molar-refractivity contribution in [1.29, 1.82) is 0 Å². The molecule has 0 amide bonds. The Morgan fingerprint density at radius 1 is 1.31 bits per heavy atom. The van der Waals surface area contributed by atoms with Crippen LogP contribution in [0.2, 0.25) is 0 Å². The molecule has 0 saturated carbocycles. The summed E-state index contributed by atoms with van der Waals surface area (Å²) in [5.41, 5.74) is 0.694. The molecule has 1 aromatic heterocycles. The Morgan fingerprint density at radius 3 is 2.56 bits per heavy atom. The van der Waals surface area contributed by atoms with Crippen LogP contribution in [-0.4, -0.2) is 41.9 Å². The van der Waals surface area contributed by atoms with Gasteiger partial charge in [-0.25, -0.2) is 4.68 Å². The lowest BCUT2D eigenvalue weighted by Crippen LogP contribution is -2.09. The van der Waals surface area contributed by atoms with Crippen LogP contribution in [0.5, 0.6) is 0 Å². The molecular formula is C10H19N3O3. The molecule has 0 fully saturated rings. The van der Waals surface area contributed by atoms with Crippen LogP contribution in [0.15, 0.2) is 6.20 Å². The molecule has 0 aliphatic rings. The predicted molar refractivity (Wildman–Crippen MR) is 57.9 cm³/mol. The standard InChI is InChI=1S/C10H19N3O3/c1-4-15-10(16-5-2)9-8-13(12-11-9)6-7-14-3/h8,10H,4-7H2,1-3H3. The molecule has 0 radical (unpaired) electrons. The summed E-state index contributed by atoms with van der Waals surface area (Å²) in [7, 11) is 1.65. The van der Waals surface area contributed by atoms with Crippen LogP contribution in [0.25, 0.3) is 0 Å². The minimum absolute atomic E-state index is 0.425. The van der Waals surface area contributed by atoms with E-state index in [1.54, 1.807) is 11.8 Å². The lowest BCUT2D eigenvalue weighted by molar-refractivity contribution is -0.142. The van der Waals surface area contributed by atoms with Gasteiger partial charge in [0.05, 0.1) is 19.3 Å². The van der Waals surface area contributed by atoms with E-state index in [1.165, 1.54) is 0 Å². The second kappa shape index (κ2) is 7.32. The average Bonchev–Trinajstić information content (AvgIpc) is 2.74. The van der Waals surface area contributed by atoms with Gasteiger partial charge in [0.15, 0.2) is 0 Å². The highest BCUT2D eigenvalue weighted by molar-refractivity contribution is 4.94. The van der Waals surface area contributed by atoms with Crippen molar-refractivity contribution in [2.75, 3.05) is 26.9 Å². The van der Waals surface area contributed by atoms with Crippen molar-refractivity contribution < 1.29 is 14.2 Å². The Morgan fingerprint density at radius 2 is 2.00 bits per heavy atom. The maximum absolute atomic E-state index is 5.42. The van der Waals surface area contributed by atoms with Gasteiger partial charge in [0.25, 0.3) is 0 Å². The molecule has 0 saturated heterocycles. The molecule has 0 N–H and O–H groups in total. The quantitative estimate of drug-likeness (QED) is 0.622. The second-order valence-electron chi connectivity index (χ2n) is 3.14. The van der Waals surface area contributed by atoms with Crippen molar-refractivity contribution in [3.05, 3.63) is 11.9 Å². The highest BCUT2D eigenvalue weighted by Crippen LogP contribution is 2.15. The SMILES string of the molecule is CCOC(OCC)c1cn(CCOC)nn1. The third-order valence-electron chi connectivity index (χ3n) is 1.96. The molecule has 6 heteroatoms. The van der Waals surface area contributed by atoms with Crippen LogP contribution in [0.3, 0.4) is 0 Å². The molecular weight excluding hydrogens is 210 g/mol. The Bertz CT molecular complexity index is 285. The number of hydrogen-bond acceptors (Lipinski definition) is 5. The van der Waals surface area contributed by atoms with Crippen LogP contribution in [-0.2, 0) is 20.8 Å². The van der Waals surface area contributed by atoms with Gasteiger partial charge in [0.2, 0.25) is 6.29 Å². The van der Waals surface area contributed by atoms with Crippen molar-refractivity contribution in [3.8, 4) is 0 Å². The summed E-state index contributed by atoms with van der Waals surface area (Å²) < 4.78 is 17.5. The smallest absolute Gasteiger partial charge is 0.204 e. The first-order valence-corrected chi connectivity index (χ1v) is 5.44. The lowest BCUT2D eigenvalue weighted by atomic mass is 10.4. The topological polar surface area (TPSA) is 58.4 Å². The molecule has 0 atom stereocenters. The Kier molecular flexibility index (Phi) is 5.99. The largest absolute Gasteiger partial charge is 0.383 e. The molecule has 0 aliphatic carbocycles. The molecule has 0 unspecified atom stereocenters. The Labute approximate surface area is 95.5 Å². The fourth-order valence-corrected chi connectivity index (χ4v) is 1.24. The molecule has 0 bridgehead atoms. The minimum atomic E-state index is -0.425. The lowest BCUT2D eigenvalue weighted by Gasteiger charge is -2.13. The van der Waals surface area contributed by atoms with E-state index < -0.39 is 6.29 Å². The average molecular weight is 229 g/mol. The van der Waals surface area contributed by atoms with Gasteiger partial charge in [-0.15, -0.1) is 5.10 Å². The van der Waals surface area contributed by atoms with Gasteiger partial charge < -0.3 is 14.2 Å². The number of methoxy groups -OCH3 is 1. The van der Waals surface area contributed by atoms with Gasteiger partial charge in [-0.05, 0) is 13.8 Å². The van der Waals surface area contributed by atoms with Gasteiger partial charge in [-0.1, -0.05) is 5.21 Å². The van der Waals surface area contributed by atoms with E-state index in [-0.39, 0.29) is 0 Å². The molecule has 16 heavy (non-hydrogen) atoms. The summed E-state index contributed by atoms with van der Waals surface area (Å²) in [6, 6.07) is 0. The zero-order chi connectivity index (χ0) is 11.8. The summed E-state index contributed by atoms with van der Waals surface area (Å²) in [4.78, 5) is 0. The van der Waals surface area contributed by atoms with Gasteiger partial charge in [-0.3, -0.25) is 0 Å². The molecule has 1 heterocycles. The van der Waals surface area contributed by atoms with Crippen molar-refractivity contribution in [2.24, 2.45) is 0 Å². The minimum Gasteiger partial charge on any atom is -0.383 e. The zero-order valence-corrected chi connectivity index (χ0v) is 10.0. The molecule has 0 aliphatic heterocycles. The fourth-order valence-electron chi connectivity index (χ4n) is 1.24. The number of nitrogens with zero attached hydrogens (tertiary/aromatic N) is 3. The van der Waals surface area contributed by atoms with Gasteiger partial charge in [-0.2, -0.15) is 0 Å². The summed E-state index contributed by atoms with van der Waals surface area (Å²) in [6.07, 6.45) is 1.39. The maximum Gasteiger partial charge on any atom is 0.204 e. The van der Waals surface area contributed by atoms with Crippen molar-refractivity contribution in [1.82, 2.24) is 15.0 Å². The first-order valence-electron chi connectivity index (χ1n) is 5.44. The second-order valence-corrected chi connectivity index (χ2v) is 3.14. The summed E-state index contributed by atoms with van der Waals surface area (Å²) in [5, 5.41) is 7.98. The van der Waals surface area contributed by atoms with E-state index in [4.69, 9.17) is 14.2 Å². The monoisotopic (exact) mass is 229 g/mol. The summed E-state index contributed by atoms with van der Waals surface area (Å²) >= 11 is 0. The highest BCUT2D eigenvalue weighted by atomic mass is 16.7. The number of ether oxygens (including phenoxy) is 3. The Balaban J connectivity index is 2.58. The van der Waals surface area contributed by atoms with Crippen LogP contribution in [0, 0.1) is 0 Å². The highest BCUT2D eigenvalue weighted by Gasteiger charge is 2.15. The first kappa shape index (κ1) is 13.1. The van der Waals surface area contributed by atoms with E-state index in [9.17, 15) is 0 Å². The van der Waals surface area contributed by atoms with Gasteiger partial charge in [0, 0.05) is 20.3 Å². The molecule has 1 aromatic rings. The molecule has 0 spiro atoms. The zero-order valence-electron chi connectivity index (χ0n) is 10.0. The number of hydrogen-bond donors (Lipinski definition) is 0. The van der Waals surface area contributed by atoms with Crippen molar-refractivity contribution in [2.45, 2.75) is 26.7 Å². The number of aromatic nitrogens is 3. The van der Waals surface area contributed by atoms with E-state index in [0.29, 0.717) is 32.1 Å². The molecule has 0 aromatic carbocycles. The Hall–Kier alpha value is -0.980. The first-order chi connectivity index (χ1) is 7.81. The van der Waals surface area contributed by atoms with E-state index in [2.05, 4.69) is 10.3 Å². The predicted octanol–water partition coefficient (Wildman–Crippen LogP) is 0.996. The maximum atomic E-state index is 5.42.